The SMILES string of the molecule is CC1(C)C(c2ccc(F)c(F)c2)CCN1C(=O)c1cccc(=O)[nH]1. The molecule has 126 valence electrons. The number of halogens is 2. The Balaban J connectivity index is 1.91. The molecule has 6 heteroatoms. The van der Waals surface area contributed by atoms with Gasteiger partial charge in [-0.05, 0) is 44.0 Å². The summed E-state index contributed by atoms with van der Waals surface area (Å²) in [7, 11) is 0. The van der Waals surface area contributed by atoms with Crippen molar-refractivity contribution in [3.8, 4) is 0 Å². The highest BCUT2D eigenvalue weighted by atomic mass is 19.2. The molecule has 1 amide bonds. The summed E-state index contributed by atoms with van der Waals surface area (Å²) in [5.74, 6) is -2.17. The first-order valence-electron chi connectivity index (χ1n) is 7.77. The Morgan fingerprint density at radius 2 is 1.96 bits per heavy atom. The maximum Gasteiger partial charge on any atom is 0.270 e. The van der Waals surface area contributed by atoms with Gasteiger partial charge in [0.25, 0.3) is 5.91 Å². The lowest BCUT2D eigenvalue weighted by Gasteiger charge is -2.36. The molecule has 0 radical (unpaired) electrons. The fraction of sp³-hybridized carbons (Fsp3) is 0.333. The number of hydrogen-bond acceptors (Lipinski definition) is 2. The minimum atomic E-state index is -0.888. The second kappa shape index (κ2) is 5.85. The zero-order valence-electron chi connectivity index (χ0n) is 13.5. The maximum absolute atomic E-state index is 13.6. The van der Waals surface area contributed by atoms with Crippen molar-refractivity contribution < 1.29 is 13.6 Å². The smallest absolute Gasteiger partial charge is 0.270 e. The number of nitrogens with one attached hydrogen (secondary N) is 1. The number of carbonyl (C=O) groups is 1. The zero-order valence-corrected chi connectivity index (χ0v) is 13.5. The quantitative estimate of drug-likeness (QED) is 0.919. The van der Waals surface area contributed by atoms with Crippen molar-refractivity contribution in [2.75, 3.05) is 6.54 Å². The van der Waals surface area contributed by atoms with Crippen LogP contribution in [0.5, 0.6) is 0 Å². The molecule has 1 fully saturated rings. The minimum absolute atomic E-state index is 0.119. The molecular formula is C18H18F2N2O2. The lowest BCUT2D eigenvalue weighted by molar-refractivity contribution is 0.0629. The fourth-order valence-corrected chi connectivity index (χ4v) is 3.47. The molecule has 1 aliphatic heterocycles. The highest BCUT2D eigenvalue weighted by Gasteiger charge is 2.44. The number of likely N-dealkylation sites (tertiary alicyclic amines) is 1. The number of nitrogens with zero attached hydrogens (tertiary/aromatic N) is 1. The van der Waals surface area contributed by atoms with E-state index in [-0.39, 0.29) is 23.1 Å². The summed E-state index contributed by atoms with van der Waals surface area (Å²) in [5.41, 5.74) is -0.0408. The van der Waals surface area contributed by atoms with E-state index in [2.05, 4.69) is 4.98 Å². The van der Waals surface area contributed by atoms with Gasteiger partial charge in [-0.1, -0.05) is 12.1 Å². The van der Waals surface area contributed by atoms with E-state index < -0.39 is 17.2 Å². The molecule has 2 aromatic rings. The molecule has 0 bridgehead atoms. The van der Waals surface area contributed by atoms with E-state index in [0.29, 0.717) is 18.5 Å². The summed E-state index contributed by atoms with van der Waals surface area (Å²) in [4.78, 5) is 28.4. The molecule has 1 N–H and O–H groups in total. The molecule has 0 aliphatic carbocycles. The van der Waals surface area contributed by atoms with E-state index in [0.717, 1.165) is 6.07 Å². The highest BCUT2D eigenvalue weighted by molar-refractivity contribution is 5.93. The summed E-state index contributed by atoms with van der Waals surface area (Å²) in [6.45, 7) is 4.27. The van der Waals surface area contributed by atoms with E-state index in [1.165, 1.54) is 18.2 Å². The number of pyridine rings is 1. The van der Waals surface area contributed by atoms with Crippen molar-refractivity contribution in [3.63, 3.8) is 0 Å². The van der Waals surface area contributed by atoms with E-state index in [4.69, 9.17) is 0 Å². The van der Waals surface area contributed by atoms with Crippen LogP contribution >= 0.6 is 0 Å². The first-order chi connectivity index (χ1) is 11.3. The van der Waals surface area contributed by atoms with Crippen LogP contribution in [0.25, 0.3) is 0 Å². The predicted molar refractivity (Wildman–Crippen MR) is 85.9 cm³/mol. The first kappa shape index (κ1) is 16.4. The normalized spacial score (nSPS) is 19.5. The summed E-state index contributed by atoms with van der Waals surface area (Å²) >= 11 is 0. The standard InChI is InChI=1S/C18H18F2N2O2/c1-18(2)12(11-6-7-13(19)14(20)10-11)8-9-22(18)17(24)15-4-3-5-16(23)21-15/h3-7,10,12H,8-9H2,1-2H3,(H,21,23). The van der Waals surface area contributed by atoms with Crippen molar-refractivity contribution in [1.29, 1.82) is 0 Å². The Labute approximate surface area is 138 Å². The van der Waals surface area contributed by atoms with E-state index in [9.17, 15) is 18.4 Å². The Hall–Kier alpha value is -2.50. The Bertz CT molecular complexity index is 845. The number of aromatic amines is 1. The van der Waals surface area contributed by atoms with Crippen LogP contribution in [-0.2, 0) is 0 Å². The van der Waals surface area contributed by atoms with Gasteiger partial charge in [-0.3, -0.25) is 9.59 Å². The fourth-order valence-electron chi connectivity index (χ4n) is 3.47. The number of rotatable bonds is 2. The van der Waals surface area contributed by atoms with E-state index >= 15 is 0 Å². The second-order valence-corrected chi connectivity index (χ2v) is 6.55. The average molecular weight is 332 g/mol. The largest absolute Gasteiger partial charge is 0.332 e. The van der Waals surface area contributed by atoms with Crippen LogP contribution in [0.1, 0.15) is 42.2 Å². The second-order valence-electron chi connectivity index (χ2n) is 6.55. The van der Waals surface area contributed by atoms with Gasteiger partial charge in [0.2, 0.25) is 5.56 Å². The van der Waals surface area contributed by atoms with Gasteiger partial charge in [-0.25, -0.2) is 8.78 Å². The first-order valence-corrected chi connectivity index (χ1v) is 7.77. The molecule has 3 rings (SSSR count). The highest BCUT2D eigenvalue weighted by Crippen LogP contribution is 2.42. The number of amides is 1. The molecule has 0 saturated carbocycles. The third kappa shape index (κ3) is 2.72. The summed E-state index contributed by atoms with van der Waals surface area (Å²) < 4.78 is 26.7. The summed E-state index contributed by atoms with van der Waals surface area (Å²) in [6.07, 6.45) is 0.640. The van der Waals surface area contributed by atoms with Crippen molar-refractivity contribution in [2.45, 2.75) is 31.7 Å². The van der Waals surface area contributed by atoms with Gasteiger partial charge < -0.3 is 9.88 Å². The number of aromatic nitrogens is 1. The lowest BCUT2D eigenvalue weighted by Crippen LogP contribution is -2.45. The van der Waals surface area contributed by atoms with Crippen molar-refractivity contribution in [3.05, 3.63) is 69.6 Å². The number of carbonyl (C=O) groups excluding carboxylic acids is 1. The monoisotopic (exact) mass is 332 g/mol. The van der Waals surface area contributed by atoms with Gasteiger partial charge >= 0.3 is 0 Å². The van der Waals surface area contributed by atoms with Crippen LogP contribution in [0.3, 0.4) is 0 Å². The topological polar surface area (TPSA) is 53.2 Å². The molecule has 0 spiro atoms. The van der Waals surface area contributed by atoms with Crippen LogP contribution in [0.2, 0.25) is 0 Å². The summed E-state index contributed by atoms with van der Waals surface area (Å²) in [6, 6.07) is 8.30. The lowest BCUT2D eigenvalue weighted by atomic mass is 9.82. The van der Waals surface area contributed by atoms with Crippen molar-refractivity contribution >= 4 is 5.91 Å². The van der Waals surface area contributed by atoms with Gasteiger partial charge in [0, 0.05) is 24.1 Å². The number of H-pyrrole nitrogens is 1. The van der Waals surface area contributed by atoms with Crippen LogP contribution in [0.15, 0.2) is 41.2 Å². The van der Waals surface area contributed by atoms with Crippen molar-refractivity contribution in [2.24, 2.45) is 0 Å². The molecule has 2 heterocycles. The molecule has 1 atom stereocenters. The van der Waals surface area contributed by atoms with Crippen LogP contribution < -0.4 is 5.56 Å². The Morgan fingerprint density at radius 1 is 1.21 bits per heavy atom. The van der Waals surface area contributed by atoms with Crippen LogP contribution in [0.4, 0.5) is 8.78 Å². The van der Waals surface area contributed by atoms with Gasteiger partial charge in [0.05, 0.1) is 0 Å². The maximum atomic E-state index is 13.6. The molecular weight excluding hydrogens is 314 g/mol. The predicted octanol–water partition coefficient (Wildman–Crippen LogP) is 3.06. The molecule has 1 saturated heterocycles. The number of benzene rings is 1. The number of hydrogen-bond donors (Lipinski definition) is 1. The van der Waals surface area contributed by atoms with E-state index in [1.54, 1.807) is 17.0 Å². The van der Waals surface area contributed by atoms with Crippen LogP contribution in [-0.4, -0.2) is 27.9 Å². The molecule has 4 nitrogen and oxygen atoms in total. The molecule has 1 aliphatic rings. The van der Waals surface area contributed by atoms with Gasteiger partial charge in [0.1, 0.15) is 5.69 Å². The van der Waals surface area contributed by atoms with Crippen molar-refractivity contribution in [1.82, 2.24) is 9.88 Å². The molecule has 24 heavy (non-hydrogen) atoms. The average Bonchev–Trinajstić information content (AvgIpc) is 2.84. The van der Waals surface area contributed by atoms with Gasteiger partial charge in [-0.2, -0.15) is 0 Å². The Morgan fingerprint density at radius 3 is 2.62 bits per heavy atom. The zero-order chi connectivity index (χ0) is 17.5. The van der Waals surface area contributed by atoms with Gasteiger partial charge in [0.15, 0.2) is 11.6 Å². The molecule has 1 unspecified atom stereocenters. The molecule has 1 aromatic heterocycles. The minimum Gasteiger partial charge on any atom is -0.332 e. The van der Waals surface area contributed by atoms with Gasteiger partial charge in [-0.15, -0.1) is 0 Å². The Kier molecular flexibility index (Phi) is 3.99. The van der Waals surface area contributed by atoms with Crippen LogP contribution in [0, 0.1) is 11.6 Å². The van der Waals surface area contributed by atoms with E-state index in [1.807, 2.05) is 13.8 Å². The third-order valence-corrected chi connectivity index (χ3v) is 4.78. The third-order valence-electron chi connectivity index (χ3n) is 4.78. The summed E-state index contributed by atoms with van der Waals surface area (Å²) in [5, 5.41) is 0. The molecule has 1 aromatic carbocycles.